The van der Waals surface area contributed by atoms with E-state index in [1.165, 1.54) is 6.92 Å². The van der Waals surface area contributed by atoms with Gasteiger partial charge in [0.1, 0.15) is 12.6 Å². The second kappa shape index (κ2) is 5.94. The monoisotopic (exact) mass is 280 g/mol. The van der Waals surface area contributed by atoms with Gasteiger partial charge >= 0.3 is 6.18 Å². The lowest BCUT2D eigenvalue weighted by atomic mass is 10.1. The lowest BCUT2D eigenvalue weighted by Gasteiger charge is -2.26. The van der Waals surface area contributed by atoms with Crippen LogP contribution in [-0.2, 0) is 9.59 Å². The Bertz CT molecular complexity index is 336. The molecule has 4 nitrogen and oxygen atoms in total. The molecule has 2 amide bonds. The van der Waals surface area contributed by atoms with Gasteiger partial charge in [-0.05, 0) is 6.42 Å². The van der Waals surface area contributed by atoms with Crippen LogP contribution < -0.4 is 5.32 Å². The van der Waals surface area contributed by atoms with Crippen molar-refractivity contribution in [1.29, 1.82) is 0 Å². The number of carbonyl (C=O) groups is 2. The molecule has 0 aliphatic carbocycles. The molecule has 0 aromatic rings. The SMILES string of the molecule is CC(=O)N[C@@H]1CC[C@@H]([AlH2])CN(CC(F)(F)F)C1=O. The highest BCUT2D eigenvalue weighted by Crippen LogP contribution is 2.24. The highest BCUT2D eigenvalue weighted by molar-refractivity contribution is 6.12. The van der Waals surface area contributed by atoms with Crippen molar-refractivity contribution >= 4 is 28.1 Å². The standard InChI is InChI=1S/C10H14F3N2O2.Al.2H/c1-7(16)14-8-4-2-3-5-15(9(8)17)6-10(11,12)13;;;/h3,8H,2,4-6H2,1H3,(H,14,16);;;/t8-;;;/m1.../s1. The molecule has 1 aliphatic heterocycles. The molecule has 8 heteroatoms. The zero-order valence-corrected chi connectivity index (χ0v) is 12.4. The lowest BCUT2D eigenvalue weighted by molar-refractivity contribution is -0.162. The van der Waals surface area contributed by atoms with E-state index in [1.54, 1.807) is 0 Å². The van der Waals surface area contributed by atoms with Gasteiger partial charge in [0.2, 0.25) is 28.1 Å². The van der Waals surface area contributed by atoms with E-state index in [0.29, 0.717) is 12.8 Å². The molecular weight excluding hydrogens is 264 g/mol. The number of halogens is 3. The van der Waals surface area contributed by atoms with Crippen molar-refractivity contribution in [2.45, 2.75) is 36.8 Å². The lowest BCUT2D eigenvalue weighted by Crippen LogP contribution is -2.49. The number of nitrogens with one attached hydrogen (secondary N) is 1. The molecule has 102 valence electrons. The van der Waals surface area contributed by atoms with Gasteiger partial charge in [0, 0.05) is 13.5 Å². The smallest absolute Gasteiger partial charge is 0.345 e. The van der Waals surface area contributed by atoms with E-state index >= 15 is 0 Å². The van der Waals surface area contributed by atoms with Crippen LogP contribution in [0.2, 0.25) is 4.78 Å². The molecule has 1 heterocycles. The van der Waals surface area contributed by atoms with Crippen LogP contribution in [0.5, 0.6) is 0 Å². The van der Waals surface area contributed by atoms with Crippen molar-refractivity contribution in [2.24, 2.45) is 0 Å². The van der Waals surface area contributed by atoms with Crippen LogP contribution in [0.3, 0.4) is 0 Å². The van der Waals surface area contributed by atoms with Gasteiger partial charge < -0.3 is 10.2 Å². The van der Waals surface area contributed by atoms with Crippen LogP contribution in [0, 0.1) is 0 Å². The molecule has 1 fully saturated rings. The number of carbonyl (C=O) groups excluding carboxylic acids is 2. The molecule has 0 spiro atoms. The topological polar surface area (TPSA) is 49.4 Å². The van der Waals surface area contributed by atoms with E-state index in [2.05, 4.69) is 5.32 Å². The molecule has 0 aromatic heterocycles. The molecule has 0 radical (unpaired) electrons. The molecule has 0 unspecified atom stereocenters. The number of likely N-dealkylation sites (tertiary alicyclic amines) is 1. The summed E-state index contributed by atoms with van der Waals surface area (Å²) in [7, 11) is 0. The largest absolute Gasteiger partial charge is 0.406 e. The maximum absolute atomic E-state index is 12.4. The first-order valence-electron chi connectivity index (χ1n) is 5.81. The number of alkyl halides is 3. The average molecular weight is 280 g/mol. The predicted molar refractivity (Wildman–Crippen MR) is 61.8 cm³/mol. The van der Waals surface area contributed by atoms with Crippen molar-refractivity contribution in [3.8, 4) is 0 Å². The fraction of sp³-hybridized carbons (Fsp3) is 0.800. The highest BCUT2D eigenvalue weighted by Gasteiger charge is 2.37. The van der Waals surface area contributed by atoms with Crippen LogP contribution in [0.4, 0.5) is 13.2 Å². The van der Waals surface area contributed by atoms with Gasteiger partial charge in [0.05, 0.1) is 0 Å². The summed E-state index contributed by atoms with van der Waals surface area (Å²) in [5.41, 5.74) is 0. The van der Waals surface area contributed by atoms with E-state index in [9.17, 15) is 22.8 Å². The third-order valence-electron chi connectivity index (χ3n) is 2.84. The zero-order chi connectivity index (χ0) is 13.9. The summed E-state index contributed by atoms with van der Waals surface area (Å²) in [6.45, 7) is 0.158. The third-order valence-corrected chi connectivity index (χ3v) is 3.78. The molecule has 0 bridgehead atoms. The van der Waals surface area contributed by atoms with E-state index in [0.717, 1.165) is 21.2 Å². The van der Waals surface area contributed by atoms with Crippen molar-refractivity contribution in [3.63, 3.8) is 0 Å². The first kappa shape index (κ1) is 15.3. The summed E-state index contributed by atoms with van der Waals surface area (Å²) < 4.78 is 37.3. The summed E-state index contributed by atoms with van der Waals surface area (Å²) in [6, 6.07) is -0.816. The minimum absolute atomic E-state index is 0.134. The Morgan fingerprint density at radius 2 is 2.11 bits per heavy atom. The summed E-state index contributed by atoms with van der Waals surface area (Å²) in [6.07, 6.45) is -3.31. The van der Waals surface area contributed by atoms with E-state index in [4.69, 9.17) is 0 Å². The maximum atomic E-state index is 12.4. The van der Waals surface area contributed by atoms with Crippen molar-refractivity contribution in [2.75, 3.05) is 13.1 Å². The molecule has 1 rings (SSSR count). The number of hydrogen-bond acceptors (Lipinski definition) is 2. The molecule has 1 aliphatic rings. The van der Waals surface area contributed by atoms with Gasteiger partial charge in [-0.2, -0.15) is 13.2 Å². The van der Waals surface area contributed by atoms with E-state index in [1.807, 2.05) is 0 Å². The van der Waals surface area contributed by atoms with Crippen molar-refractivity contribution < 1.29 is 22.8 Å². The van der Waals surface area contributed by atoms with Gasteiger partial charge in [-0.3, -0.25) is 9.59 Å². The van der Waals surface area contributed by atoms with E-state index < -0.39 is 30.6 Å². The normalized spacial score (nSPS) is 25.8. The Morgan fingerprint density at radius 3 is 2.61 bits per heavy atom. The van der Waals surface area contributed by atoms with Crippen LogP contribution in [0.25, 0.3) is 0 Å². The Hall–Kier alpha value is -0.738. The summed E-state index contributed by atoms with van der Waals surface area (Å²) in [4.78, 5) is 23.7. The number of hydrogen-bond donors (Lipinski definition) is 1. The molecule has 0 aromatic carbocycles. The number of rotatable bonds is 2. The van der Waals surface area contributed by atoms with E-state index in [-0.39, 0.29) is 11.3 Å². The maximum Gasteiger partial charge on any atom is 0.406 e. The fourth-order valence-electron chi connectivity index (χ4n) is 2.09. The zero-order valence-electron chi connectivity index (χ0n) is 10.4. The first-order valence-corrected chi connectivity index (χ1v) is 6.97. The van der Waals surface area contributed by atoms with Gasteiger partial charge in [-0.1, -0.05) is 11.2 Å². The Kier molecular flexibility index (Phi) is 5.05. The second-order valence-corrected chi connectivity index (χ2v) is 6.40. The molecular formula is C10H16AlF3N2O2. The van der Waals surface area contributed by atoms with Crippen LogP contribution >= 0.6 is 0 Å². The van der Waals surface area contributed by atoms with Crippen molar-refractivity contribution in [1.82, 2.24) is 10.2 Å². The summed E-state index contributed by atoms with van der Waals surface area (Å²) in [5, 5.41) is 2.43. The molecule has 2 atom stereocenters. The van der Waals surface area contributed by atoms with Gasteiger partial charge in [0.25, 0.3) is 0 Å². The molecule has 0 saturated carbocycles. The van der Waals surface area contributed by atoms with Crippen LogP contribution in [0.1, 0.15) is 19.8 Å². The third kappa shape index (κ3) is 4.86. The Morgan fingerprint density at radius 1 is 1.50 bits per heavy atom. The predicted octanol–water partition coefficient (Wildman–Crippen LogP) is 0.0974. The molecule has 18 heavy (non-hydrogen) atoms. The number of nitrogens with zero attached hydrogens (tertiary/aromatic N) is 1. The van der Waals surface area contributed by atoms with Gasteiger partial charge in [-0.25, -0.2) is 0 Å². The fourth-order valence-corrected chi connectivity index (χ4v) is 2.86. The van der Waals surface area contributed by atoms with Gasteiger partial charge in [-0.15, -0.1) is 0 Å². The Labute approximate surface area is 111 Å². The second-order valence-electron chi connectivity index (χ2n) is 4.77. The molecule has 1 N–H and O–H groups in total. The highest BCUT2D eigenvalue weighted by atomic mass is 27.0. The molecule has 1 saturated heterocycles. The van der Waals surface area contributed by atoms with Crippen LogP contribution in [-0.4, -0.2) is 58.3 Å². The summed E-state index contributed by atoms with van der Waals surface area (Å²) >= 11 is 0.735. The first-order chi connectivity index (χ1) is 8.19. The van der Waals surface area contributed by atoms with Crippen LogP contribution in [0.15, 0.2) is 0 Å². The minimum Gasteiger partial charge on any atom is -0.345 e. The average Bonchev–Trinajstić information content (AvgIpc) is 2.29. The number of amides is 2. The quantitative estimate of drug-likeness (QED) is 0.729. The van der Waals surface area contributed by atoms with Crippen molar-refractivity contribution in [3.05, 3.63) is 0 Å². The summed E-state index contributed by atoms with van der Waals surface area (Å²) in [5.74, 6) is -1.02. The van der Waals surface area contributed by atoms with Gasteiger partial charge in [0.15, 0.2) is 0 Å². The Balaban J connectivity index is 2.79. The minimum atomic E-state index is -4.40.